The van der Waals surface area contributed by atoms with Crippen molar-refractivity contribution in [2.24, 2.45) is 5.73 Å². The van der Waals surface area contributed by atoms with Crippen molar-refractivity contribution in [1.29, 1.82) is 0 Å². The monoisotopic (exact) mass is 313 g/mol. The molecule has 1 aromatic carbocycles. The fraction of sp³-hybridized carbons (Fsp3) is 0.462. The Balaban J connectivity index is 2.73. The predicted octanol–water partition coefficient (Wildman–Crippen LogP) is 1.52. The van der Waals surface area contributed by atoms with Crippen LogP contribution in [0.3, 0.4) is 0 Å². The van der Waals surface area contributed by atoms with Gasteiger partial charge in [-0.05, 0) is 31.7 Å². The standard InChI is InChI=1S/C13H20BrN3O/c1-3-16-13(18)9-17(2)12(8-15)10-5-4-6-11(14)7-10/h4-7,12H,3,8-9,15H2,1-2H3,(H,16,18). The van der Waals surface area contributed by atoms with Gasteiger partial charge in [-0.2, -0.15) is 0 Å². The number of likely N-dealkylation sites (N-methyl/N-ethyl adjacent to an activating group) is 2. The minimum atomic E-state index is 0.0217. The maximum atomic E-state index is 11.6. The summed E-state index contributed by atoms with van der Waals surface area (Å²) in [6, 6.07) is 8.05. The quantitative estimate of drug-likeness (QED) is 0.837. The largest absolute Gasteiger partial charge is 0.355 e. The third-order valence-corrected chi connectivity index (χ3v) is 3.25. The Kier molecular flexibility index (Phi) is 6.32. The van der Waals surface area contributed by atoms with Gasteiger partial charge in [-0.15, -0.1) is 0 Å². The third-order valence-electron chi connectivity index (χ3n) is 2.76. The fourth-order valence-corrected chi connectivity index (χ4v) is 2.29. The van der Waals surface area contributed by atoms with Crippen molar-refractivity contribution in [1.82, 2.24) is 10.2 Å². The van der Waals surface area contributed by atoms with Crippen LogP contribution in [0.25, 0.3) is 0 Å². The van der Waals surface area contributed by atoms with Gasteiger partial charge < -0.3 is 11.1 Å². The Morgan fingerprint density at radius 2 is 2.28 bits per heavy atom. The number of hydrogen-bond donors (Lipinski definition) is 2. The van der Waals surface area contributed by atoms with E-state index in [-0.39, 0.29) is 11.9 Å². The third kappa shape index (κ3) is 4.40. The first-order chi connectivity index (χ1) is 8.58. The van der Waals surface area contributed by atoms with E-state index >= 15 is 0 Å². The lowest BCUT2D eigenvalue weighted by Crippen LogP contribution is -2.39. The van der Waals surface area contributed by atoms with E-state index in [1.807, 2.05) is 43.1 Å². The smallest absolute Gasteiger partial charge is 0.234 e. The van der Waals surface area contributed by atoms with Gasteiger partial charge in [-0.25, -0.2) is 0 Å². The summed E-state index contributed by atoms with van der Waals surface area (Å²) in [5, 5.41) is 2.79. The van der Waals surface area contributed by atoms with Crippen LogP contribution in [-0.2, 0) is 4.79 Å². The van der Waals surface area contributed by atoms with E-state index < -0.39 is 0 Å². The molecular formula is C13H20BrN3O. The SMILES string of the molecule is CCNC(=O)CN(C)C(CN)c1cccc(Br)c1. The first kappa shape index (κ1) is 15.1. The van der Waals surface area contributed by atoms with Gasteiger partial charge in [0.1, 0.15) is 0 Å². The number of amides is 1. The zero-order valence-electron chi connectivity index (χ0n) is 10.8. The molecule has 0 saturated heterocycles. The molecule has 0 aliphatic carbocycles. The van der Waals surface area contributed by atoms with Crippen molar-refractivity contribution in [2.45, 2.75) is 13.0 Å². The fourth-order valence-electron chi connectivity index (χ4n) is 1.87. The van der Waals surface area contributed by atoms with Crippen molar-refractivity contribution in [3.8, 4) is 0 Å². The van der Waals surface area contributed by atoms with Crippen LogP contribution < -0.4 is 11.1 Å². The Morgan fingerprint density at radius 1 is 1.56 bits per heavy atom. The second-order valence-electron chi connectivity index (χ2n) is 4.18. The average molecular weight is 314 g/mol. The first-order valence-electron chi connectivity index (χ1n) is 6.01. The molecule has 0 aliphatic rings. The molecule has 0 saturated carbocycles. The molecule has 1 unspecified atom stereocenters. The molecule has 1 amide bonds. The Hall–Kier alpha value is -0.910. The number of nitrogens with two attached hydrogens (primary N) is 1. The maximum Gasteiger partial charge on any atom is 0.234 e. The summed E-state index contributed by atoms with van der Waals surface area (Å²) in [6.07, 6.45) is 0. The Labute approximate surface area is 117 Å². The summed E-state index contributed by atoms with van der Waals surface area (Å²) in [7, 11) is 1.91. The van der Waals surface area contributed by atoms with E-state index in [2.05, 4.69) is 21.2 Å². The zero-order chi connectivity index (χ0) is 13.5. The Morgan fingerprint density at radius 3 is 2.83 bits per heavy atom. The van der Waals surface area contributed by atoms with Crippen LogP contribution >= 0.6 is 15.9 Å². The lowest BCUT2D eigenvalue weighted by atomic mass is 10.1. The lowest BCUT2D eigenvalue weighted by Gasteiger charge is -2.26. The molecule has 0 radical (unpaired) electrons. The molecule has 0 aliphatic heterocycles. The highest BCUT2D eigenvalue weighted by molar-refractivity contribution is 9.10. The highest BCUT2D eigenvalue weighted by Gasteiger charge is 2.17. The summed E-state index contributed by atoms with van der Waals surface area (Å²) in [6.45, 7) is 3.39. The van der Waals surface area contributed by atoms with E-state index in [0.717, 1.165) is 10.0 Å². The van der Waals surface area contributed by atoms with Crippen LogP contribution in [0.1, 0.15) is 18.5 Å². The second-order valence-corrected chi connectivity index (χ2v) is 5.09. The van der Waals surface area contributed by atoms with Gasteiger partial charge in [0.05, 0.1) is 6.54 Å². The first-order valence-corrected chi connectivity index (χ1v) is 6.80. The van der Waals surface area contributed by atoms with Crippen LogP contribution in [0.2, 0.25) is 0 Å². The molecule has 0 bridgehead atoms. The molecule has 4 nitrogen and oxygen atoms in total. The molecule has 1 aromatic rings. The second kappa shape index (κ2) is 7.51. The van der Waals surface area contributed by atoms with E-state index in [4.69, 9.17) is 5.73 Å². The van der Waals surface area contributed by atoms with Gasteiger partial charge in [0, 0.05) is 23.6 Å². The van der Waals surface area contributed by atoms with E-state index in [1.54, 1.807) is 0 Å². The number of nitrogens with zero attached hydrogens (tertiary/aromatic N) is 1. The predicted molar refractivity (Wildman–Crippen MR) is 77.3 cm³/mol. The lowest BCUT2D eigenvalue weighted by molar-refractivity contribution is -0.122. The molecule has 1 atom stereocenters. The van der Waals surface area contributed by atoms with E-state index in [9.17, 15) is 4.79 Å². The minimum absolute atomic E-state index is 0.0217. The van der Waals surface area contributed by atoms with Crippen LogP contribution in [0, 0.1) is 0 Å². The number of halogens is 1. The summed E-state index contributed by atoms with van der Waals surface area (Å²) >= 11 is 3.45. The zero-order valence-corrected chi connectivity index (χ0v) is 12.4. The molecule has 18 heavy (non-hydrogen) atoms. The van der Waals surface area contributed by atoms with Crippen molar-refractivity contribution in [3.05, 3.63) is 34.3 Å². The van der Waals surface area contributed by atoms with Gasteiger partial charge >= 0.3 is 0 Å². The van der Waals surface area contributed by atoms with Gasteiger partial charge in [0.25, 0.3) is 0 Å². The summed E-state index contributed by atoms with van der Waals surface area (Å²) < 4.78 is 1.02. The highest BCUT2D eigenvalue weighted by Crippen LogP contribution is 2.21. The number of benzene rings is 1. The van der Waals surface area contributed by atoms with Crippen molar-refractivity contribution >= 4 is 21.8 Å². The summed E-state index contributed by atoms with van der Waals surface area (Å²) in [5.41, 5.74) is 6.93. The number of hydrogen-bond acceptors (Lipinski definition) is 3. The van der Waals surface area contributed by atoms with E-state index in [0.29, 0.717) is 19.6 Å². The average Bonchev–Trinajstić information content (AvgIpc) is 2.30. The van der Waals surface area contributed by atoms with Crippen molar-refractivity contribution < 1.29 is 4.79 Å². The van der Waals surface area contributed by atoms with Crippen LogP contribution in [0.15, 0.2) is 28.7 Å². The Bertz CT molecular complexity index is 398. The summed E-state index contributed by atoms with van der Waals surface area (Å²) in [5.74, 6) is 0.0217. The number of nitrogens with one attached hydrogen (secondary N) is 1. The maximum absolute atomic E-state index is 11.6. The van der Waals surface area contributed by atoms with Crippen LogP contribution in [0.5, 0.6) is 0 Å². The molecule has 1 rings (SSSR count). The number of carbonyl (C=O) groups excluding carboxylic acids is 1. The molecule has 0 spiro atoms. The van der Waals surface area contributed by atoms with Gasteiger partial charge in [0.2, 0.25) is 5.91 Å². The van der Waals surface area contributed by atoms with Gasteiger partial charge in [0.15, 0.2) is 0 Å². The topological polar surface area (TPSA) is 58.4 Å². The van der Waals surface area contributed by atoms with E-state index in [1.165, 1.54) is 0 Å². The highest BCUT2D eigenvalue weighted by atomic mass is 79.9. The molecular weight excluding hydrogens is 294 g/mol. The minimum Gasteiger partial charge on any atom is -0.355 e. The van der Waals surface area contributed by atoms with Crippen LogP contribution in [-0.4, -0.2) is 37.5 Å². The normalized spacial score (nSPS) is 12.5. The molecule has 3 N–H and O–H groups in total. The summed E-state index contributed by atoms with van der Waals surface area (Å²) in [4.78, 5) is 13.5. The molecule has 100 valence electrons. The molecule has 0 aromatic heterocycles. The molecule has 5 heteroatoms. The number of rotatable bonds is 6. The van der Waals surface area contributed by atoms with Gasteiger partial charge in [-0.3, -0.25) is 9.69 Å². The van der Waals surface area contributed by atoms with Crippen LogP contribution in [0.4, 0.5) is 0 Å². The van der Waals surface area contributed by atoms with Gasteiger partial charge in [-0.1, -0.05) is 28.1 Å². The molecule has 0 heterocycles. The van der Waals surface area contributed by atoms with Crippen molar-refractivity contribution in [3.63, 3.8) is 0 Å². The van der Waals surface area contributed by atoms with Crippen molar-refractivity contribution in [2.75, 3.05) is 26.7 Å². The number of carbonyl (C=O) groups is 1. The molecule has 0 fully saturated rings.